The van der Waals surface area contributed by atoms with Crippen LogP contribution in [0.5, 0.6) is 0 Å². The summed E-state index contributed by atoms with van der Waals surface area (Å²) in [4.78, 5) is 26.1. The first-order valence-electron chi connectivity index (χ1n) is 10.7. The lowest BCUT2D eigenvalue weighted by Crippen LogP contribution is -2.46. The van der Waals surface area contributed by atoms with Crippen LogP contribution < -0.4 is 10.2 Å². The molecule has 0 radical (unpaired) electrons. The Labute approximate surface area is 184 Å². The molecule has 1 aromatic rings. The average molecular weight is 458 g/mol. The lowest BCUT2D eigenvalue weighted by atomic mass is 10.2. The molecule has 0 aliphatic carbocycles. The highest BCUT2D eigenvalue weighted by Crippen LogP contribution is 2.39. The monoisotopic (exact) mass is 457 g/mol. The van der Waals surface area contributed by atoms with Crippen molar-refractivity contribution in [3.8, 4) is 0 Å². The molecule has 1 atom stereocenters. The summed E-state index contributed by atoms with van der Waals surface area (Å²) in [6.45, 7) is 6.92. The molecule has 0 bridgehead atoms. The lowest BCUT2D eigenvalue weighted by Gasteiger charge is -2.32. The molecule has 0 saturated heterocycles. The number of carboxylic acids is 1. The Morgan fingerprint density at radius 2 is 1.63 bits per heavy atom. The van der Waals surface area contributed by atoms with Gasteiger partial charge in [-0.2, -0.15) is 0 Å². The molecule has 1 unspecified atom stereocenters. The maximum atomic E-state index is 13.6. The van der Waals surface area contributed by atoms with Gasteiger partial charge in [0.25, 0.3) is 5.24 Å². The fourth-order valence-corrected chi connectivity index (χ4v) is 5.90. The second kappa shape index (κ2) is 14.6. The zero-order valence-electron chi connectivity index (χ0n) is 18.3. The molecule has 7 nitrogen and oxygen atoms in total. The predicted molar refractivity (Wildman–Crippen MR) is 125 cm³/mol. The third kappa shape index (κ3) is 9.65. The Bertz CT molecular complexity index is 676. The summed E-state index contributed by atoms with van der Waals surface area (Å²) in [5.41, 5.74) is 0.976. The van der Waals surface area contributed by atoms with Gasteiger partial charge in [0.05, 0.1) is 0 Å². The van der Waals surface area contributed by atoms with E-state index in [4.69, 9.17) is 0 Å². The van der Waals surface area contributed by atoms with Crippen molar-refractivity contribution in [3.05, 3.63) is 35.9 Å². The van der Waals surface area contributed by atoms with Crippen LogP contribution in [0.15, 0.2) is 30.3 Å². The Balaban J connectivity index is 2.99. The second-order valence-corrected chi connectivity index (χ2v) is 10.5. The smallest absolute Gasteiger partial charge is 0.326 e. The molecule has 3 N–H and O–H groups in total. The maximum absolute atomic E-state index is 13.6. The van der Waals surface area contributed by atoms with Crippen LogP contribution in [0.2, 0.25) is 0 Å². The van der Waals surface area contributed by atoms with E-state index in [-0.39, 0.29) is 17.9 Å². The van der Waals surface area contributed by atoms with E-state index < -0.39 is 19.5 Å². The number of carboxylic acid groups (broad SMARTS) is 1. The van der Waals surface area contributed by atoms with E-state index in [1.807, 2.05) is 44.2 Å². The normalized spacial score (nSPS) is 12.5. The molecule has 0 aromatic heterocycles. The molecule has 9 heteroatoms. The van der Waals surface area contributed by atoms with Crippen LogP contribution in [-0.4, -0.2) is 46.6 Å². The Morgan fingerprint density at radius 3 is 2.10 bits per heavy atom. The fraction of sp³-hybridized carbons (Fsp3) is 0.619. The van der Waals surface area contributed by atoms with E-state index in [1.54, 1.807) is 6.92 Å². The number of rotatable bonds is 15. The van der Waals surface area contributed by atoms with Gasteiger partial charge in [-0.05, 0) is 24.8 Å². The van der Waals surface area contributed by atoms with E-state index in [0.717, 1.165) is 43.0 Å². The van der Waals surface area contributed by atoms with Gasteiger partial charge in [0.1, 0.15) is 12.3 Å². The van der Waals surface area contributed by atoms with E-state index in [2.05, 4.69) is 10.2 Å². The van der Waals surface area contributed by atoms with E-state index in [0.29, 0.717) is 18.8 Å². The van der Waals surface area contributed by atoms with Crippen LogP contribution in [0, 0.1) is 0 Å². The third-order valence-electron chi connectivity index (χ3n) is 4.63. The lowest BCUT2D eigenvalue weighted by molar-refractivity contribution is -0.141. The number of benzene rings is 1. The second-order valence-electron chi connectivity index (χ2n) is 7.18. The van der Waals surface area contributed by atoms with Gasteiger partial charge in [0.15, 0.2) is 0 Å². The quantitative estimate of drug-likeness (QED) is 0.248. The molecule has 30 heavy (non-hydrogen) atoms. The molecular formula is C21H36N3O4PS. The summed E-state index contributed by atoms with van der Waals surface area (Å²) >= 11 is 1.04. The van der Waals surface area contributed by atoms with Gasteiger partial charge in [-0.1, -0.05) is 75.7 Å². The number of carbonyl (C=O) groups is 2. The zero-order valence-corrected chi connectivity index (χ0v) is 20.0. The maximum Gasteiger partial charge on any atom is 0.326 e. The van der Waals surface area contributed by atoms with Gasteiger partial charge < -0.3 is 10.0 Å². The summed E-state index contributed by atoms with van der Waals surface area (Å²) < 4.78 is 13.6. The van der Waals surface area contributed by atoms with Crippen LogP contribution in [0.4, 0.5) is 4.79 Å². The Morgan fingerprint density at radius 1 is 1.07 bits per heavy atom. The van der Waals surface area contributed by atoms with Gasteiger partial charge in [0, 0.05) is 18.8 Å². The number of carbonyl (C=O) groups excluding carboxylic acids is 1. The third-order valence-corrected chi connectivity index (χ3v) is 7.77. The van der Waals surface area contributed by atoms with Crippen molar-refractivity contribution in [1.82, 2.24) is 15.1 Å². The minimum Gasteiger partial charge on any atom is -0.480 e. The number of nitrogens with zero attached hydrogens (tertiary/aromatic N) is 1. The van der Waals surface area contributed by atoms with Crippen molar-refractivity contribution in [1.29, 1.82) is 0 Å². The van der Waals surface area contributed by atoms with Crippen LogP contribution in [0.1, 0.15) is 58.4 Å². The van der Waals surface area contributed by atoms with Crippen LogP contribution in [0.3, 0.4) is 0 Å². The zero-order chi connectivity index (χ0) is 22.4. The molecule has 1 amide bonds. The fourth-order valence-electron chi connectivity index (χ4n) is 2.86. The van der Waals surface area contributed by atoms with Gasteiger partial charge in [-0.25, -0.2) is 4.79 Å². The van der Waals surface area contributed by atoms with Crippen molar-refractivity contribution < 1.29 is 19.3 Å². The molecule has 0 fully saturated rings. The highest BCUT2D eigenvalue weighted by atomic mass is 32.2. The van der Waals surface area contributed by atoms with E-state index in [1.165, 1.54) is 4.90 Å². The number of thioether (sulfide) groups is 1. The standard InChI is InChI=1S/C21H36N3O4PS/c1-4-7-14-22-29(28,23-15-8-5-2)17-24(19(6-3)20(25)26)21(27)30-16-18-12-10-9-11-13-18/h9-13,19H,4-8,14-17H2,1-3H3,(H,25,26)(H2,22,23,28). The summed E-state index contributed by atoms with van der Waals surface area (Å²) in [6.07, 6.45) is 3.70. The average Bonchev–Trinajstić information content (AvgIpc) is 2.73. The van der Waals surface area contributed by atoms with Crippen molar-refractivity contribution in [2.45, 2.75) is 64.7 Å². The Kier molecular flexibility index (Phi) is 13.0. The molecule has 0 aliphatic rings. The van der Waals surface area contributed by atoms with Crippen LogP contribution in [0.25, 0.3) is 0 Å². The number of amides is 1. The van der Waals surface area contributed by atoms with Crippen molar-refractivity contribution in [3.63, 3.8) is 0 Å². The van der Waals surface area contributed by atoms with Crippen LogP contribution >= 0.6 is 19.2 Å². The summed E-state index contributed by atoms with van der Waals surface area (Å²) in [5, 5.41) is 15.5. The van der Waals surface area contributed by atoms with Gasteiger partial charge in [-0.3, -0.25) is 19.5 Å². The highest BCUT2D eigenvalue weighted by molar-refractivity contribution is 8.12. The van der Waals surface area contributed by atoms with Crippen LogP contribution in [-0.2, 0) is 15.1 Å². The molecule has 0 saturated carbocycles. The number of aliphatic carboxylic acids is 1. The minimum absolute atomic E-state index is 0.147. The topological polar surface area (TPSA) is 98.7 Å². The predicted octanol–water partition coefficient (Wildman–Crippen LogP) is 5.14. The van der Waals surface area contributed by atoms with E-state index >= 15 is 0 Å². The Hall–Kier alpha value is -1.34. The largest absolute Gasteiger partial charge is 0.480 e. The molecule has 1 rings (SSSR count). The highest BCUT2D eigenvalue weighted by Gasteiger charge is 2.34. The first-order valence-corrected chi connectivity index (χ1v) is 13.5. The first kappa shape index (κ1) is 26.7. The number of unbranched alkanes of at least 4 members (excludes halogenated alkanes) is 2. The molecule has 0 spiro atoms. The molecular weight excluding hydrogens is 421 g/mol. The summed E-state index contributed by atoms with van der Waals surface area (Å²) in [5.74, 6) is -0.650. The first-order chi connectivity index (χ1) is 14.4. The number of hydrogen-bond donors (Lipinski definition) is 3. The van der Waals surface area contributed by atoms with Crippen molar-refractivity contribution in [2.75, 3.05) is 19.4 Å². The minimum atomic E-state index is -3.16. The molecule has 170 valence electrons. The number of hydrogen-bond acceptors (Lipinski definition) is 4. The summed E-state index contributed by atoms with van der Waals surface area (Å²) in [6, 6.07) is 8.52. The van der Waals surface area contributed by atoms with E-state index in [9.17, 15) is 19.3 Å². The molecule has 0 heterocycles. The van der Waals surface area contributed by atoms with Crippen molar-refractivity contribution >= 4 is 30.4 Å². The SMILES string of the molecule is CCCCNP(=O)(CN(C(=O)SCc1ccccc1)C(CC)C(=O)O)NCCCC. The van der Waals surface area contributed by atoms with Gasteiger partial charge in [0.2, 0.25) is 7.44 Å². The van der Waals surface area contributed by atoms with Gasteiger partial charge >= 0.3 is 5.97 Å². The van der Waals surface area contributed by atoms with Gasteiger partial charge in [-0.15, -0.1) is 0 Å². The molecule has 0 aliphatic heterocycles. The van der Waals surface area contributed by atoms with Crippen molar-refractivity contribution in [2.24, 2.45) is 0 Å². The summed E-state index contributed by atoms with van der Waals surface area (Å²) in [7, 11) is -3.16. The molecule has 1 aromatic carbocycles. The number of nitrogens with one attached hydrogen (secondary N) is 2.